The van der Waals surface area contributed by atoms with Crippen LogP contribution in [-0.4, -0.2) is 49.4 Å². The Labute approximate surface area is 166 Å². The molecule has 5 nitrogen and oxygen atoms in total. The molecule has 0 saturated carbocycles. The zero-order chi connectivity index (χ0) is 19.7. The van der Waals surface area contributed by atoms with Crippen LogP contribution in [-0.2, 0) is 4.79 Å². The van der Waals surface area contributed by atoms with Crippen molar-refractivity contribution in [3.63, 3.8) is 0 Å². The van der Waals surface area contributed by atoms with E-state index in [9.17, 15) is 9.59 Å². The average molecular weight is 377 g/mol. The van der Waals surface area contributed by atoms with E-state index in [0.29, 0.717) is 31.6 Å². The molecule has 146 valence electrons. The van der Waals surface area contributed by atoms with E-state index in [4.69, 9.17) is 0 Å². The molecule has 28 heavy (non-hydrogen) atoms. The lowest BCUT2D eigenvalue weighted by Gasteiger charge is -2.37. The van der Waals surface area contributed by atoms with Gasteiger partial charge < -0.3 is 14.7 Å². The van der Waals surface area contributed by atoms with Gasteiger partial charge in [-0.2, -0.15) is 0 Å². The monoisotopic (exact) mass is 377 g/mol. The van der Waals surface area contributed by atoms with E-state index in [1.54, 1.807) is 4.90 Å². The van der Waals surface area contributed by atoms with Crippen LogP contribution in [0.1, 0.15) is 34.3 Å². The topological polar surface area (TPSA) is 43.9 Å². The number of piperazine rings is 1. The molecule has 2 aliphatic heterocycles. The summed E-state index contributed by atoms with van der Waals surface area (Å²) in [5.74, 6) is 0.135. The fraction of sp³-hybridized carbons (Fsp3) is 0.391. The molecule has 2 saturated heterocycles. The fourth-order valence-corrected chi connectivity index (χ4v) is 4.19. The Hall–Kier alpha value is -2.82. The molecule has 0 N–H and O–H groups in total. The van der Waals surface area contributed by atoms with Gasteiger partial charge >= 0.3 is 0 Å². The number of nitrogens with zero attached hydrogens (tertiary/aromatic N) is 3. The number of rotatable bonds is 3. The highest BCUT2D eigenvalue weighted by Crippen LogP contribution is 2.28. The molecule has 2 aliphatic rings. The fourth-order valence-electron chi connectivity index (χ4n) is 4.19. The number of aryl methyl sites for hydroxylation is 1. The summed E-state index contributed by atoms with van der Waals surface area (Å²) in [6.45, 7) is 8.01. The second kappa shape index (κ2) is 7.66. The molecule has 2 aromatic rings. The van der Waals surface area contributed by atoms with E-state index < -0.39 is 0 Å². The Morgan fingerprint density at radius 3 is 2.29 bits per heavy atom. The predicted molar refractivity (Wildman–Crippen MR) is 112 cm³/mol. The van der Waals surface area contributed by atoms with Gasteiger partial charge in [-0.1, -0.05) is 24.3 Å². The van der Waals surface area contributed by atoms with Crippen LogP contribution in [0.4, 0.5) is 11.4 Å². The quantitative estimate of drug-likeness (QED) is 0.824. The molecule has 2 fully saturated rings. The highest BCUT2D eigenvalue weighted by Gasteiger charge is 2.29. The lowest BCUT2D eigenvalue weighted by atomic mass is 10.1. The van der Waals surface area contributed by atoms with Crippen LogP contribution < -0.4 is 9.80 Å². The van der Waals surface area contributed by atoms with Gasteiger partial charge in [0.25, 0.3) is 5.91 Å². The SMILES string of the molecule is Cc1cccc(N2CCN(C(=O)c3ccccc3N3CCCC3=O)CC2)c1C. The van der Waals surface area contributed by atoms with Gasteiger partial charge in [0.1, 0.15) is 0 Å². The summed E-state index contributed by atoms with van der Waals surface area (Å²) >= 11 is 0. The van der Waals surface area contributed by atoms with Gasteiger partial charge in [0.05, 0.1) is 11.3 Å². The zero-order valence-electron chi connectivity index (χ0n) is 16.6. The minimum Gasteiger partial charge on any atom is -0.368 e. The van der Waals surface area contributed by atoms with Crippen LogP contribution in [0.3, 0.4) is 0 Å². The number of carbonyl (C=O) groups is 2. The summed E-state index contributed by atoms with van der Waals surface area (Å²) in [6.07, 6.45) is 1.42. The van der Waals surface area contributed by atoms with E-state index in [2.05, 4.69) is 36.9 Å². The molecule has 0 radical (unpaired) electrons. The number of carbonyl (C=O) groups excluding carboxylic acids is 2. The zero-order valence-corrected chi connectivity index (χ0v) is 16.6. The first-order chi connectivity index (χ1) is 13.6. The van der Waals surface area contributed by atoms with Crippen molar-refractivity contribution in [2.45, 2.75) is 26.7 Å². The highest BCUT2D eigenvalue weighted by atomic mass is 16.2. The minimum absolute atomic E-state index is 0.0240. The third kappa shape index (κ3) is 3.37. The average Bonchev–Trinajstić information content (AvgIpc) is 3.15. The van der Waals surface area contributed by atoms with Gasteiger partial charge in [-0.15, -0.1) is 0 Å². The lowest BCUT2D eigenvalue weighted by Crippen LogP contribution is -2.49. The van der Waals surface area contributed by atoms with Crippen LogP contribution in [0, 0.1) is 13.8 Å². The number of hydrogen-bond donors (Lipinski definition) is 0. The molecule has 4 rings (SSSR count). The number of hydrogen-bond acceptors (Lipinski definition) is 3. The van der Waals surface area contributed by atoms with Crippen molar-refractivity contribution in [1.82, 2.24) is 4.90 Å². The van der Waals surface area contributed by atoms with Crippen molar-refractivity contribution in [2.75, 3.05) is 42.5 Å². The molecule has 0 atom stereocenters. The molecule has 0 bridgehead atoms. The van der Waals surface area contributed by atoms with Crippen molar-refractivity contribution in [3.05, 3.63) is 59.2 Å². The van der Waals surface area contributed by atoms with Crippen LogP contribution in [0.15, 0.2) is 42.5 Å². The Morgan fingerprint density at radius 2 is 1.57 bits per heavy atom. The van der Waals surface area contributed by atoms with Gasteiger partial charge in [0.2, 0.25) is 5.91 Å². The second-order valence-corrected chi connectivity index (χ2v) is 7.66. The molecular weight excluding hydrogens is 350 g/mol. The van der Waals surface area contributed by atoms with E-state index in [0.717, 1.165) is 25.2 Å². The Bertz CT molecular complexity index is 900. The molecular formula is C23H27N3O2. The van der Waals surface area contributed by atoms with E-state index in [1.165, 1.54) is 16.8 Å². The predicted octanol–water partition coefficient (Wildman–Crippen LogP) is 3.39. The Morgan fingerprint density at radius 1 is 0.857 bits per heavy atom. The minimum atomic E-state index is 0.0240. The first-order valence-corrected chi connectivity index (χ1v) is 10.1. The van der Waals surface area contributed by atoms with Gasteiger partial charge in [-0.3, -0.25) is 9.59 Å². The maximum atomic E-state index is 13.2. The molecule has 0 aromatic heterocycles. The Kier molecular flexibility index (Phi) is 5.07. The van der Waals surface area contributed by atoms with Crippen molar-refractivity contribution in [1.29, 1.82) is 0 Å². The molecule has 0 spiro atoms. The summed E-state index contributed by atoms with van der Waals surface area (Å²) in [7, 11) is 0. The van der Waals surface area contributed by atoms with Crippen LogP contribution in [0.5, 0.6) is 0 Å². The third-order valence-electron chi connectivity index (χ3n) is 5.98. The van der Waals surface area contributed by atoms with Crippen molar-refractivity contribution in [2.24, 2.45) is 0 Å². The third-order valence-corrected chi connectivity index (χ3v) is 5.98. The molecule has 0 unspecified atom stereocenters. The highest BCUT2D eigenvalue weighted by molar-refractivity contribution is 6.05. The van der Waals surface area contributed by atoms with E-state index in [1.807, 2.05) is 29.2 Å². The van der Waals surface area contributed by atoms with Gasteiger partial charge in [-0.05, 0) is 49.6 Å². The van der Waals surface area contributed by atoms with Crippen LogP contribution in [0.25, 0.3) is 0 Å². The first-order valence-electron chi connectivity index (χ1n) is 10.1. The van der Waals surface area contributed by atoms with Crippen molar-refractivity contribution < 1.29 is 9.59 Å². The van der Waals surface area contributed by atoms with Gasteiger partial charge in [0.15, 0.2) is 0 Å². The van der Waals surface area contributed by atoms with Gasteiger partial charge in [0, 0.05) is 44.8 Å². The summed E-state index contributed by atoms with van der Waals surface area (Å²) in [4.78, 5) is 31.4. The first kappa shape index (κ1) is 18.5. The summed E-state index contributed by atoms with van der Waals surface area (Å²) in [6, 6.07) is 13.9. The maximum absolute atomic E-state index is 13.2. The Balaban J connectivity index is 1.49. The molecule has 2 aromatic carbocycles. The number of benzene rings is 2. The summed E-state index contributed by atoms with van der Waals surface area (Å²) in [5.41, 5.74) is 5.25. The second-order valence-electron chi connectivity index (χ2n) is 7.66. The number of anilines is 2. The van der Waals surface area contributed by atoms with E-state index >= 15 is 0 Å². The normalized spacial score (nSPS) is 17.4. The van der Waals surface area contributed by atoms with Crippen LogP contribution in [0.2, 0.25) is 0 Å². The van der Waals surface area contributed by atoms with Crippen molar-refractivity contribution >= 4 is 23.2 Å². The standard InChI is InChI=1S/C23H27N3O2/c1-17-7-5-10-20(18(17)2)24-13-15-25(16-14-24)23(28)19-8-3-4-9-21(19)26-12-6-11-22(26)27/h3-5,7-10H,6,11-16H2,1-2H3. The van der Waals surface area contributed by atoms with Crippen LogP contribution >= 0.6 is 0 Å². The number of amides is 2. The van der Waals surface area contributed by atoms with E-state index in [-0.39, 0.29) is 11.8 Å². The molecule has 0 aliphatic carbocycles. The smallest absolute Gasteiger partial charge is 0.256 e. The van der Waals surface area contributed by atoms with Gasteiger partial charge in [-0.25, -0.2) is 0 Å². The lowest BCUT2D eigenvalue weighted by molar-refractivity contribution is -0.117. The summed E-state index contributed by atoms with van der Waals surface area (Å²) in [5, 5.41) is 0. The largest absolute Gasteiger partial charge is 0.368 e. The maximum Gasteiger partial charge on any atom is 0.256 e. The molecule has 2 amide bonds. The molecule has 5 heteroatoms. The number of para-hydroxylation sites is 1. The van der Waals surface area contributed by atoms with Crippen molar-refractivity contribution in [3.8, 4) is 0 Å². The summed E-state index contributed by atoms with van der Waals surface area (Å²) < 4.78 is 0. The molecule has 2 heterocycles.